The first-order valence-corrected chi connectivity index (χ1v) is 9.01. The van der Waals surface area contributed by atoms with Gasteiger partial charge in [-0.1, -0.05) is 0 Å². The molecule has 0 saturated heterocycles. The maximum absolute atomic E-state index is 13.9. The Hall–Kier alpha value is -4.27. The third-order valence-corrected chi connectivity index (χ3v) is 4.26. The number of nitrogens with zero attached hydrogens (tertiary/aromatic N) is 2. The average molecular weight is 466 g/mol. The number of carbonyl (C=O) groups is 1. The van der Waals surface area contributed by atoms with Gasteiger partial charge in [0, 0.05) is 36.1 Å². The fraction of sp³-hybridized carbons (Fsp3) is 0.0952. The topological polar surface area (TPSA) is 87.0 Å². The Morgan fingerprint density at radius 2 is 1.79 bits per heavy atom. The molecule has 3 aromatic rings. The summed E-state index contributed by atoms with van der Waals surface area (Å²) in [7, 11) is 0. The second-order valence-corrected chi connectivity index (χ2v) is 6.43. The highest BCUT2D eigenvalue weighted by atomic mass is 19.4. The van der Waals surface area contributed by atoms with Crippen molar-refractivity contribution in [1.82, 2.24) is 10.3 Å². The molecule has 1 heterocycles. The predicted octanol–water partition coefficient (Wildman–Crippen LogP) is 5.13. The first kappa shape index (κ1) is 23.4. The van der Waals surface area contributed by atoms with Crippen LogP contribution in [0.1, 0.15) is 21.5 Å². The molecule has 0 aliphatic rings. The number of amides is 1. The fourth-order valence-corrected chi connectivity index (χ4v) is 2.77. The number of carbonyl (C=O) groups excluding carboxylic acids is 1. The number of aromatic nitrogens is 1. The van der Waals surface area contributed by atoms with Crippen molar-refractivity contribution in [3.63, 3.8) is 0 Å². The summed E-state index contributed by atoms with van der Waals surface area (Å²) in [4.78, 5) is 15.8. The van der Waals surface area contributed by atoms with Crippen molar-refractivity contribution < 1.29 is 35.9 Å². The molecule has 0 bridgehead atoms. The molecule has 33 heavy (non-hydrogen) atoms. The number of pyridine rings is 1. The summed E-state index contributed by atoms with van der Waals surface area (Å²) >= 11 is 0. The summed E-state index contributed by atoms with van der Waals surface area (Å²) in [6, 6.07) is 6.17. The largest absolute Gasteiger partial charge is 0.438 e. The van der Waals surface area contributed by atoms with E-state index in [9.17, 15) is 31.1 Å². The Labute approximate surface area is 182 Å². The van der Waals surface area contributed by atoms with Crippen LogP contribution >= 0.6 is 0 Å². The van der Waals surface area contributed by atoms with E-state index < -0.39 is 53.1 Å². The number of rotatable bonds is 6. The lowest BCUT2D eigenvalue weighted by molar-refractivity contribution is -0.138. The molecular formula is C21H12F6N4O2. The SMILES string of the molecule is N#CNC(=O)c1cc(Oc2ncccc2C(F)(F)F)ccc1NCc1c(F)cc(F)cc1F. The normalized spacial score (nSPS) is 10.9. The van der Waals surface area contributed by atoms with Crippen LogP contribution in [-0.2, 0) is 12.7 Å². The summed E-state index contributed by atoms with van der Waals surface area (Å²) < 4.78 is 85.5. The minimum atomic E-state index is -4.75. The number of benzene rings is 2. The molecule has 0 aliphatic heterocycles. The van der Waals surface area contributed by atoms with Crippen LogP contribution in [0.2, 0.25) is 0 Å². The second kappa shape index (κ2) is 9.47. The van der Waals surface area contributed by atoms with Gasteiger partial charge < -0.3 is 10.1 Å². The Morgan fingerprint density at radius 1 is 1.09 bits per heavy atom. The van der Waals surface area contributed by atoms with E-state index in [0.29, 0.717) is 12.1 Å². The van der Waals surface area contributed by atoms with E-state index in [1.807, 2.05) is 5.32 Å². The van der Waals surface area contributed by atoms with Gasteiger partial charge in [0.1, 0.15) is 28.8 Å². The van der Waals surface area contributed by atoms with Crippen LogP contribution < -0.4 is 15.4 Å². The number of nitrogens with one attached hydrogen (secondary N) is 2. The molecule has 0 spiro atoms. The number of alkyl halides is 3. The van der Waals surface area contributed by atoms with Crippen molar-refractivity contribution in [2.24, 2.45) is 0 Å². The highest BCUT2D eigenvalue weighted by Gasteiger charge is 2.35. The van der Waals surface area contributed by atoms with Gasteiger partial charge in [-0.15, -0.1) is 0 Å². The maximum Gasteiger partial charge on any atom is 0.421 e. The van der Waals surface area contributed by atoms with Crippen LogP contribution in [0.25, 0.3) is 0 Å². The molecule has 2 aromatic carbocycles. The fourth-order valence-electron chi connectivity index (χ4n) is 2.77. The molecule has 170 valence electrons. The molecule has 0 atom stereocenters. The van der Waals surface area contributed by atoms with Crippen LogP contribution in [0, 0.1) is 28.9 Å². The minimum absolute atomic E-state index is 0.0321. The van der Waals surface area contributed by atoms with E-state index in [-0.39, 0.29) is 17.0 Å². The number of hydrogen-bond donors (Lipinski definition) is 2. The monoisotopic (exact) mass is 466 g/mol. The van der Waals surface area contributed by atoms with Crippen molar-refractivity contribution in [2.75, 3.05) is 5.32 Å². The van der Waals surface area contributed by atoms with Crippen molar-refractivity contribution in [3.05, 3.63) is 82.8 Å². The lowest BCUT2D eigenvalue weighted by Crippen LogP contribution is -2.19. The van der Waals surface area contributed by atoms with Gasteiger partial charge in [-0.05, 0) is 30.3 Å². The standard InChI is InChI=1S/C21H12F6N4O2/c22-11-6-16(23)14(17(24)7-11)9-30-18-4-3-12(8-13(18)19(32)31-10-28)33-20-15(21(25,26)27)2-1-5-29-20/h1-8,30H,9H2,(H,31,32). The number of ether oxygens (including phenoxy) is 1. The second-order valence-electron chi connectivity index (χ2n) is 6.43. The van der Waals surface area contributed by atoms with E-state index in [1.54, 1.807) is 0 Å². The Morgan fingerprint density at radius 3 is 2.42 bits per heavy atom. The molecule has 1 aromatic heterocycles. The van der Waals surface area contributed by atoms with Gasteiger partial charge in [0.2, 0.25) is 5.88 Å². The molecule has 0 radical (unpaired) electrons. The third kappa shape index (κ3) is 5.51. The summed E-state index contributed by atoms with van der Waals surface area (Å²) in [5.41, 5.74) is -1.99. The van der Waals surface area contributed by atoms with Crippen molar-refractivity contribution >= 4 is 11.6 Å². The summed E-state index contributed by atoms with van der Waals surface area (Å²) in [5, 5.41) is 13.1. The van der Waals surface area contributed by atoms with Gasteiger partial charge in [0.05, 0.1) is 5.56 Å². The molecule has 3 rings (SSSR count). The molecule has 1 amide bonds. The molecule has 6 nitrogen and oxygen atoms in total. The van der Waals surface area contributed by atoms with E-state index in [4.69, 9.17) is 10.00 Å². The zero-order chi connectivity index (χ0) is 24.2. The number of nitriles is 1. The molecule has 0 aliphatic carbocycles. The Bertz CT molecular complexity index is 1220. The van der Waals surface area contributed by atoms with Gasteiger partial charge in [-0.3, -0.25) is 10.1 Å². The summed E-state index contributed by atoms with van der Waals surface area (Å²) in [6.45, 7) is -0.510. The van der Waals surface area contributed by atoms with Crippen molar-refractivity contribution in [3.8, 4) is 17.8 Å². The Balaban J connectivity index is 1.93. The number of hydrogen-bond acceptors (Lipinski definition) is 5. The van der Waals surface area contributed by atoms with E-state index in [2.05, 4.69) is 10.3 Å². The van der Waals surface area contributed by atoms with Crippen LogP contribution in [0.5, 0.6) is 11.6 Å². The minimum Gasteiger partial charge on any atom is -0.438 e. The molecule has 0 unspecified atom stereocenters. The van der Waals surface area contributed by atoms with E-state index in [0.717, 1.165) is 24.4 Å². The van der Waals surface area contributed by atoms with E-state index in [1.165, 1.54) is 18.3 Å². The van der Waals surface area contributed by atoms with Crippen LogP contribution in [0.15, 0.2) is 48.7 Å². The first-order chi connectivity index (χ1) is 15.6. The van der Waals surface area contributed by atoms with Gasteiger partial charge in [-0.2, -0.15) is 18.4 Å². The number of anilines is 1. The summed E-state index contributed by atoms with van der Waals surface area (Å²) in [5.74, 6) is -5.42. The third-order valence-electron chi connectivity index (χ3n) is 4.26. The van der Waals surface area contributed by atoms with Crippen LogP contribution in [0.4, 0.5) is 32.0 Å². The predicted molar refractivity (Wildman–Crippen MR) is 102 cm³/mol. The number of halogens is 6. The van der Waals surface area contributed by atoms with E-state index >= 15 is 0 Å². The van der Waals surface area contributed by atoms with Gasteiger partial charge in [-0.25, -0.2) is 18.2 Å². The lowest BCUT2D eigenvalue weighted by Gasteiger charge is -2.15. The first-order valence-electron chi connectivity index (χ1n) is 9.01. The highest BCUT2D eigenvalue weighted by Crippen LogP contribution is 2.37. The highest BCUT2D eigenvalue weighted by molar-refractivity contribution is 6.00. The van der Waals surface area contributed by atoms with Crippen LogP contribution in [0.3, 0.4) is 0 Å². The quantitative estimate of drug-likeness (QED) is 0.299. The zero-order valence-electron chi connectivity index (χ0n) is 16.3. The van der Waals surface area contributed by atoms with Crippen molar-refractivity contribution in [2.45, 2.75) is 12.7 Å². The molecule has 0 saturated carbocycles. The molecule has 2 N–H and O–H groups in total. The van der Waals surface area contributed by atoms with Crippen LogP contribution in [-0.4, -0.2) is 10.9 Å². The Kier molecular flexibility index (Phi) is 6.72. The van der Waals surface area contributed by atoms with Gasteiger partial charge in [0.25, 0.3) is 5.91 Å². The lowest BCUT2D eigenvalue weighted by atomic mass is 10.1. The van der Waals surface area contributed by atoms with Crippen molar-refractivity contribution in [1.29, 1.82) is 5.26 Å². The smallest absolute Gasteiger partial charge is 0.421 e. The summed E-state index contributed by atoms with van der Waals surface area (Å²) in [6.07, 6.45) is -2.28. The average Bonchev–Trinajstić information content (AvgIpc) is 2.73. The maximum atomic E-state index is 13.9. The molecular weight excluding hydrogens is 454 g/mol. The van der Waals surface area contributed by atoms with Gasteiger partial charge in [0.15, 0.2) is 6.19 Å². The molecule has 0 fully saturated rings. The van der Waals surface area contributed by atoms with Gasteiger partial charge >= 0.3 is 6.18 Å². The molecule has 12 heteroatoms. The zero-order valence-corrected chi connectivity index (χ0v) is 16.3.